The number of benzene rings is 1. The van der Waals surface area contributed by atoms with Gasteiger partial charge in [-0.3, -0.25) is 0 Å². The quantitative estimate of drug-likeness (QED) is 0.838. The molecule has 1 aliphatic carbocycles. The van der Waals surface area contributed by atoms with Crippen molar-refractivity contribution in [2.75, 3.05) is 6.54 Å². The van der Waals surface area contributed by atoms with Gasteiger partial charge in [-0.2, -0.15) is 0 Å². The van der Waals surface area contributed by atoms with Crippen LogP contribution in [0.2, 0.25) is 0 Å². The largest absolute Gasteiger partial charge is 0.311 e. The van der Waals surface area contributed by atoms with E-state index in [9.17, 15) is 0 Å². The summed E-state index contributed by atoms with van der Waals surface area (Å²) in [5.74, 6) is 0.951. The lowest BCUT2D eigenvalue weighted by Gasteiger charge is -2.30. The molecule has 1 N–H and O–H groups in total. The van der Waals surface area contributed by atoms with Crippen molar-refractivity contribution in [1.82, 2.24) is 5.32 Å². The first-order valence-electron chi connectivity index (χ1n) is 7.01. The van der Waals surface area contributed by atoms with E-state index < -0.39 is 0 Å². The zero-order valence-corrected chi connectivity index (χ0v) is 11.1. The summed E-state index contributed by atoms with van der Waals surface area (Å²) in [4.78, 5) is 0. The fraction of sp³-hybridized carbons (Fsp3) is 0.625. The fourth-order valence-electron chi connectivity index (χ4n) is 3.39. The Morgan fingerprint density at radius 2 is 2.06 bits per heavy atom. The molecule has 3 rings (SSSR count). The Morgan fingerprint density at radius 3 is 2.65 bits per heavy atom. The van der Waals surface area contributed by atoms with Crippen molar-refractivity contribution >= 4 is 0 Å². The molecule has 1 saturated heterocycles. The van der Waals surface area contributed by atoms with Crippen LogP contribution in [0.5, 0.6) is 0 Å². The van der Waals surface area contributed by atoms with Crippen molar-refractivity contribution in [1.29, 1.82) is 0 Å². The average molecular weight is 229 g/mol. The third-order valence-electron chi connectivity index (χ3n) is 4.73. The van der Waals surface area contributed by atoms with Gasteiger partial charge in [-0.05, 0) is 75.1 Å². The maximum absolute atomic E-state index is 3.81. The lowest BCUT2D eigenvalue weighted by molar-refractivity contribution is 0.323. The van der Waals surface area contributed by atoms with Crippen LogP contribution in [0.25, 0.3) is 0 Å². The highest BCUT2D eigenvalue weighted by atomic mass is 15.0. The van der Waals surface area contributed by atoms with Crippen LogP contribution in [0.4, 0.5) is 0 Å². The SMILES string of the molecule is Cc1ccc(CC2(C3CC3)CCCN2)cc1C. The lowest BCUT2D eigenvalue weighted by Crippen LogP contribution is -2.44. The van der Waals surface area contributed by atoms with Crippen LogP contribution >= 0.6 is 0 Å². The molecule has 1 saturated carbocycles. The van der Waals surface area contributed by atoms with E-state index in [0.717, 1.165) is 5.92 Å². The number of aryl methyl sites for hydroxylation is 2. The molecule has 0 amide bonds. The van der Waals surface area contributed by atoms with Gasteiger partial charge in [0.05, 0.1) is 0 Å². The summed E-state index contributed by atoms with van der Waals surface area (Å²) in [6.07, 6.45) is 6.86. The minimum atomic E-state index is 0.446. The van der Waals surface area contributed by atoms with E-state index in [2.05, 4.69) is 37.4 Å². The van der Waals surface area contributed by atoms with Crippen LogP contribution in [0.15, 0.2) is 18.2 Å². The maximum atomic E-state index is 3.81. The van der Waals surface area contributed by atoms with Gasteiger partial charge in [0, 0.05) is 5.54 Å². The molecule has 17 heavy (non-hydrogen) atoms. The van der Waals surface area contributed by atoms with Crippen molar-refractivity contribution in [2.24, 2.45) is 5.92 Å². The summed E-state index contributed by atoms with van der Waals surface area (Å²) in [7, 11) is 0. The van der Waals surface area contributed by atoms with E-state index in [4.69, 9.17) is 0 Å². The van der Waals surface area contributed by atoms with Gasteiger partial charge in [0.15, 0.2) is 0 Å². The summed E-state index contributed by atoms with van der Waals surface area (Å²) in [5.41, 5.74) is 4.82. The lowest BCUT2D eigenvalue weighted by atomic mass is 9.84. The van der Waals surface area contributed by atoms with Gasteiger partial charge in [-0.25, -0.2) is 0 Å². The molecule has 0 spiro atoms. The zero-order valence-electron chi connectivity index (χ0n) is 11.1. The molecule has 1 heteroatoms. The second-order valence-electron chi connectivity index (χ2n) is 6.06. The first kappa shape index (κ1) is 11.3. The summed E-state index contributed by atoms with van der Waals surface area (Å²) >= 11 is 0. The first-order valence-corrected chi connectivity index (χ1v) is 7.01. The molecule has 2 fully saturated rings. The third-order valence-corrected chi connectivity index (χ3v) is 4.73. The smallest absolute Gasteiger partial charge is 0.0250 e. The highest BCUT2D eigenvalue weighted by molar-refractivity contribution is 5.31. The third kappa shape index (κ3) is 2.13. The number of rotatable bonds is 3. The van der Waals surface area contributed by atoms with E-state index in [-0.39, 0.29) is 0 Å². The Balaban J connectivity index is 1.82. The van der Waals surface area contributed by atoms with Crippen LogP contribution in [0, 0.1) is 19.8 Å². The van der Waals surface area contributed by atoms with Gasteiger partial charge in [0.2, 0.25) is 0 Å². The maximum Gasteiger partial charge on any atom is 0.0250 e. The van der Waals surface area contributed by atoms with Gasteiger partial charge in [0.1, 0.15) is 0 Å². The molecule has 0 bridgehead atoms. The molecule has 92 valence electrons. The average Bonchev–Trinajstić information content (AvgIpc) is 3.07. The molecule has 2 aliphatic rings. The predicted octanol–water partition coefficient (Wildman–Crippen LogP) is 3.38. The van der Waals surface area contributed by atoms with E-state index in [1.54, 1.807) is 0 Å². The molecule has 0 radical (unpaired) electrons. The van der Waals surface area contributed by atoms with Crippen molar-refractivity contribution in [3.8, 4) is 0 Å². The van der Waals surface area contributed by atoms with Gasteiger partial charge < -0.3 is 5.32 Å². The minimum Gasteiger partial charge on any atom is -0.311 e. The van der Waals surface area contributed by atoms with Gasteiger partial charge in [-0.1, -0.05) is 18.2 Å². The molecule has 1 aromatic rings. The van der Waals surface area contributed by atoms with Crippen molar-refractivity contribution in [3.05, 3.63) is 34.9 Å². The number of hydrogen-bond acceptors (Lipinski definition) is 1. The first-order chi connectivity index (χ1) is 8.20. The number of hydrogen-bond donors (Lipinski definition) is 1. The van der Waals surface area contributed by atoms with Crippen molar-refractivity contribution in [2.45, 2.75) is 51.5 Å². The summed E-state index contributed by atoms with van der Waals surface area (Å²) in [6, 6.07) is 6.99. The summed E-state index contributed by atoms with van der Waals surface area (Å²) < 4.78 is 0. The van der Waals surface area contributed by atoms with E-state index in [1.165, 1.54) is 55.3 Å². The molecular weight excluding hydrogens is 206 g/mol. The summed E-state index contributed by atoms with van der Waals surface area (Å²) in [5, 5.41) is 3.81. The molecule has 1 aliphatic heterocycles. The van der Waals surface area contributed by atoms with Gasteiger partial charge >= 0.3 is 0 Å². The Kier molecular flexibility index (Phi) is 2.74. The number of nitrogens with one attached hydrogen (secondary N) is 1. The Bertz CT molecular complexity index is 412. The van der Waals surface area contributed by atoms with Crippen LogP contribution in [-0.4, -0.2) is 12.1 Å². The normalized spacial score (nSPS) is 28.6. The van der Waals surface area contributed by atoms with E-state index in [0.29, 0.717) is 5.54 Å². The van der Waals surface area contributed by atoms with Gasteiger partial charge in [-0.15, -0.1) is 0 Å². The van der Waals surface area contributed by atoms with Crippen LogP contribution < -0.4 is 5.32 Å². The Morgan fingerprint density at radius 1 is 1.24 bits per heavy atom. The standard InChI is InChI=1S/C16H23N/c1-12-4-5-14(10-13(12)2)11-16(15-6-7-15)8-3-9-17-16/h4-5,10,15,17H,3,6-9,11H2,1-2H3. The van der Waals surface area contributed by atoms with Crippen LogP contribution in [0.1, 0.15) is 42.4 Å². The summed E-state index contributed by atoms with van der Waals surface area (Å²) in [6.45, 7) is 5.65. The Hall–Kier alpha value is -0.820. The molecule has 1 unspecified atom stereocenters. The monoisotopic (exact) mass is 229 g/mol. The van der Waals surface area contributed by atoms with Crippen molar-refractivity contribution in [3.63, 3.8) is 0 Å². The minimum absolute atomic E-state index is 0.446. The second-order valence-corrected chi connectivity index (χ2v) is 6.06. The van der Waals surface area contributed by atoms with Crippen LogP contribution in [0.3, 0.4) is 0 Å². The van der Waals surface area contributed by atoms with Crippen LogP contribution in [-0.2, 0) is 6.42 Å². The topological polar surface area (TPSA) is 12.0 Å². The van der Waals surface area contributed by atoms with E-state index >= 15 is 0 Å². The zero-order chi connectivity index (χ0) is 11.9. The molecular formula is C16H23N. The molecule has 0 aromatic heterocycles. The van der Waals surface area contributed by atoms with E-state index in [1.807, 2.05) is 0 Å². The Labute approximate surface area is 105 Å². The van der Waals surface area contributed by atoms with Crippen molar-refractivity contribution < 1.29 is 0 Å². The highest BCUT2D eigenvalue weighted by Gasteiger charge is 2.46. The molecule has 1 aromatic carbocycles. The highest BCUT2D eigenvalue weighted by Crippen LogP contribution is 2.45. The molecule has 1 nitrogen and oxygen atoms in total. The molecule has 1 atom stereocenters. The fourth-order valence-corrected chi connectivity index (χ4v) is 3.39. The van der Waals surface area contributed by atoms with Gasteiger partial charge in [0.25, 0.3) is 0 Å². The molecule has 1 heterocycles. The predicted molar refractivity (Wildman–Crippen MR) is 72.3 cm³/mol. The second kappa shape index (κ2) is 4.13.